The number of hydrogen-bond acceptors (Lipinski definition) is 8. The molecule has 0 saturated heterocycles. The number of nitrogens with zero attached hydrogens (tertiary/aromatic N) is 3. The van der Waals surface area contributed by atoms with Crippen LogP contribution >= 0.6 is 23.5 Å². The van der Waals surface area contributed by atoms with Gasteiger partial charge in [-0.15, -0.1) is 0 Å². The number of thioether (sulfide) groups is 2. The molecule has 152 valence electrons. The summed E-state index contributed by atoms with van der Waals surface area (Å²) in [5, 5.41) is 11.9. The summed E-state index contributed by atoms with van der Waals surface area (Å²) in [6, 6.07) is 7.01. The zero-order chi connectivity index (χ0) is 19.9. The molecule has 1 saturated carbocycles. The average Bonchev–Trinajstić information content (AvgIpc) is 3.31. The Hall–Kier alpha value is -1.74. The second-order valence-corrected chi connectivity index (χ2v) is 9.40. The summed E-state index contributed by atoms with van der Waals surface area (Å²) in [5.74, 6) is 2.82. The fourth-order valence-electron chi connectivity index (χ4n) is 3.77. The Balaban J connectivity index is 0.000000162. The SMILES string of the molecule is NC1=NC(c2cccc([N+](=O)[O-])c2)CS1.NC1=N[C@H](CC2CCCCC2)CS1. The summed E-state index contributed by atoms with van der Waals surface area (Å²) < 4.78 is 0. The van der Waals surface area contributed by atoms with E-state index in [0.717, 1.165) is 28.2 Å². The van der Waals surface area contributed by atoms with E-state index in [-0.39, 0.29) is 11.7 Å². The number of amidine groups is 2. The summed E-state index contributed by atoms with van der Waals surface area (Å²) in [6.07, 6.45) is 8.45. The number of nitro groups is 1. The molecule has 0 aromatic heterocycles. The van der Waals surface area contributed by atoms with Gasteiger partial charge < -0.3 is 11.5 Å². The van der Waals surface area contributed by atoms with Crippen LogP contribution in [0.4, 0.5) is 5.69 Å². The van der Waals surface area contributed by atoms with Crippen molar-refractivity contribution in [2.75, 3.05) is 11.5 Å². The first-order valence-corrected chi connectivity index (χ1v) is 11.6. The molecule has 0 bridgehead atoms. The van der Waals surface area contributed by atoms with Crippen molar-refractivity contribution in [3.8, 4) is 0 Å². The Morgan fingerprint density at radius 1 is 1.07 bits per heavy atom. The van der Waals surface area contributed by atoms with E-state index in [9.17, 15) is 10.1 Å². The molecule has 2 aliphatic heterocycles. The number of aliphatic imine (C=N–C) groups is 2. The van der Waals surface area contributed by atoms with Crippen LogP contribution in [0.15, 0.2) is 34.3 Å². The van der Waals surface area contributed by atoms with Gasteiger partial charge in [0.1, 0.15) is 0 Å². The number of nitrogens with two attached hydrogens (primary N) is 2. The molecular formula is C19H27N5O2S2. The minimum absolute atomic E-state index is 0.0464. The third-order valence-corrected chi connectivity index (χ3v) is 7.04. The molecule has 3 aliphatic rings. The lowest BCUT2D eigenvalue weighted by Gasteiger charge is -2.22. The summed E-state index contributed by atoms with van der Waals surface area (Å²) in [5.41, 5.74) is 12.1. The first kappa shape index (κ1) is 21.0. The van der Waals surface area contributed by atoms with Crippen molar-refractivity contribution >= 4 is 39.5 Å². The minimum Gasteiger partial charge on any atom is -0.379 e. The van der Waals surface area contributed by atoms with Gasteiger partial charge in [0.05, 0.1) is 17.0 Å². The molecule has 0 spiro atoms. The van der Waals surface area contributed by atoms with E-state index >= 15 is 0 Å². The van der Waals surface area contributed by atoms with Gasteiger partial charge in [0.2, 0.25) is 0 Å². The van der Waals surface area contributed by atoms with E-state index in [1.165, 1.54) is 56.4 Å². The molecule has 0 amide bonds. The standard InChI is InChI=1S/C10H18N2S.C9H9N3O2S/c11-10-12-9(7-13-10)6-8-4-2-1-3-5-8;10-9-11-8(5-15-9)6-2-1-3-7(4-6)12(13)14/h8-9H,1-7H2,(H2,11,12);1-4,8H,5H2,(H2,10,11)/t9-;/m1./s1. The summed E-state index contributed by atoms with van der Waals surface area (Å²) in [4.78, 5) is 18.8. The maximum Gasteiger partial charge on any atom is 0.269 e. The maximum absolute atomic E-state index is 10.6. The highest BCUT2D eigenvalue weighted by Crippen LogP contribution is 2.31. The fourth-order valence-corrected chi connectivity index (χ4v) is 5.37. The van der Waals surface area contributed by atoms with Crippen molar-refractivity contribution in [1.82, 2.24) is 0 Å². The Kier molecular flexibility index (Phi) is 7.61. The van der Waals surface area contributed by atoms with Crippen LogP contribution in [0.2, 0.25) is 0 Å². The Morgan fingerprint density at radius 2 is 1.79 bits per heavy atom. The molecule has 7 nitrogen and oxygen atoms in total. The molecule has 4 rings (SSSR count). The van der Waals surface area contributed by atoms with Crippen molar-refractivity contribution in [2.24, 2.45) is 27.4 Å². The molecule has 1 unspecified atom stereocenters. The first-order chi connectivity index (χ1) is 13.5. The Bertz CT molecular complexity index is 750. The molecule has 1 aromatic rings. The number of nitro benzene ring substituents is 1. The van der Waals surface area contributed by atoms with Crippen molar-refractivity contribution in [3.05, 3.63) is 39.9 Å². The van der Waals surface area contributed by atoms with Crippen LogP contribution in [0.5, 0.6) is 0 Å². The molecule has 9 heteroatoms. The average molecular weight is 422 g/mol. The normalized spacial score (nSPS) is 24.9. The number of hydrogen-bond donors (Lipinski definition) is 2. The summed E-state index contributed by atoms with van der Waals surface area (Å²) >= 11 is 3.19. The van der Waals surface area contributed by atoms with Crippen molar-refractivity contribution in [2.45, 2.75) is 50.6 Å². The van der Waals surface area contributed by atoms with Gasteiger partial charge in [-0.25, -0.2) is 0 Å². The van der Waals surface area contributed by atoms with E-state index in [1.54, 1.807) is 23.9 Å². The lowest BCUT2D eigenvalue weighted by molar-refractivity contribution is -0.384. The molecule has 0 radical (unpaired) electrons. The van der Waals surface area contributed by atoms with Gasteiger partial charge in [-0.3, -0.25) is 20.1 Å². The van der Waals surface area contributed by atoms with Gasteiger partial charge in [0, 0.05) is 23.6 Å². The Morgan fingerprint density at radius 3 is 2.39 bits per heavy atom. The molecule has 2 atom stereocenters. The van der Waals surface area contributed by atoms with Crippen LogP contribution in [-0.4, -0.2) is 32.8 Å². The zero-order valence-corrected chi connectivity index (χ0v) is 17.5. The van der Waals surface area contributed by atoms with Crippen LogP contribution in [0.1, 0.15) is 50.1 Å². The van der Waals surface area contributed by atoms with Crippen LogP contribution in [0.3, 0.4) is 0 Å². The molecule has 1 fully saturated rings. The molecule has 4 N–H and O–H groups in total. The summed E-state index contributed by atoms with van der Waals surface area (Å²) in [6.45, 7) is 0. The number of non-ortho nitro benzene ring substituents is 1. The van der Waals surface area contributed by atoms with Gasteiger partial charge in [0.15, 0.2) is 10.3 Å². The van der Waals surface area contributed by atoms with E-state index in [0.29, 0.717) is 11.2 Å². The molecule has 28 heavy (non-hydrogen) atoms. The largest absolute Gasteiger partial charge is 0.379 e. The number of rotatable bonds is 4. The lowest BCUT2D eigenvalue weighted by Crippen LogP contribution is -2.15. The molecule has 1 aromatic carbocycles. The topological polar surface area (TPSA) is 120 Å². The van der Waals surface area contributed by atoms with Crippen LogP contribution in [0.25, 0.3) is 0 Å². The minimum atomic E-state index is -0.404. The third kappa shape index (κ3) is 6.13. The van der Waals surface area contributed by atoms with Crippen molar-refractivity contribution in [3.63, 3.8) is 0 Å². The number of benzene rings is 1. The fraction of sp³-hybridized carbons (Fsp3) is 0.579. The predicted octanol–water partition coefficient (Wildman–Crippen LogP) is 4.08. The van der Waals surface area contributed by atoms with E-state index in [4.69, 9.17) is 11.5 Å². The summed E-state index contributed by atoms with van der Waals surface area (Å²) in [7, 11) is 0. The van der Waals surface area contributed by atoms with Crippen LogP contribution in [-0.2, 0) is 0 Å². The van der Waals surface area contributed by atoms with Gasteiger partial charge in [-0.1, -0.05) is 67.8 Å². The van der Waals surface area contributed by atoms with Gasteiger partial charge in [0.25, 0.3) is 5.69 Å². The van der Waals surface area contributed by atoms with Gasteiger partial charge in [-0.05, 0) is 17.9 Å². The molecular weight excluding hydrogens is 394 g/mol. The first-order valence-electron chi connectivity index (χ1n) is 9.67. The quantitative estimate of drug-likeness (QED) is 0.558. The van der Waals surface area contributed by atoms with E-state index < -0.39 is 4.92 Å². The highest BCUT2D eigenvalue weighted by Gasteiger charge is 2.22. The predicted molar refractivity (Wildman–Crippen MR) is 119 cm³/mol. The highest BCUT2D eigenvalue weighted by molar-refractivity contribution is 8.14. The monoisotopic (exact) mass is 421 g/mol. The van der Waals surface area contributed by atoms with E-state index in [2.05, 4.69) is 9.98 Å². The van der Waals surface area contributed by atoms with Gasteiger partial charge >= 0.3 is 0 Å². The second kappa shape index (κ2) is 10.2. The van der Waals surface area contributed by atoms with Crippen LogP contribution in [0, 0.1) is 16.0 Å². The van der Waals surface area contributed by atoms with Crippen LogP contribution < -0.4 is 11.5 Å². The molecule has 2 heterocycles. The lowest BCUT2D eigenvalue weighted by atomic mass is 9.85. The smallest absolute Gasteiger partial charge is 0.269 e. The highest BCUT2D eigenvalue weighted by atomic mass is 32.2. The molecule has 1 aliphatic carbocycles. The Labute approximate surface area is 174 Å². The zero-order valence-electron chi connectivity index (χ0n) is 15.8. The second-order valence-electron chi connectivity index (χ2n) is 7.32. The maximum atomic E-state index is 10.6. The van der Waals surface area contributed by atoms with Crippen molar-refractivity contribution < 1.29 is 4.92 Å². The third-order valence-electron chi connectivity index (χ3n) is 5.20. The van der Waals surface area contributed by atoms with E-state index in [1.807, 2.05) is 6.07 Å². The van der Waals surface area contributed by atoms with Gasteiger partial charge in [-0.2, -0.15) is 0 Å². The van der Waals surface area contributed by atoms with Crippen molar-refractivity contribution in [1.29, 1.82) is 0 Å².